The average molecular weight is 236 g/mol. The average Bonchev–Trinajstić information content (AvgIpc) is 2.73. The van der Waals surface area contributed by atoms with Gasteiger partial charge in [-0.1, -0.05) is 0 Å². The van der Waals surface area contributed by atoms with Crippen molar-refractivity contribution in [2.45, 2.75) is 59.3 Å². The molecule has 4 nitrogen and oxygen atoms in total. The normalized spacial score (nSPS) is 24.2. The van der Waals surface area contributed by atoms with Gasteiger partial charge in [-0.3, -0.25) is 9.48 Å². The Morgan fingerprint density at radius 1 is 1.47 bits per heavy atom. The molecule has 0 amide bonds. The second-order valence-electron chi connectivity index (χ2n) is 4.93. The largest absolute Gasteiger partial charge is 0.373 e. The predicted molar refractivity (Wildman–Crippen MR) is 65.3 cm³/mol. The van der Waals surface area contributed by atoms with Crippen LogP contribution in [0, 0.1) is 13.8 Å². The van der Waals surface area contributed by atoms with Gasteiger partial charge >= 0.3 is 0 Å². The number of aromatic nitrogens is 2. The molecule has 2 rings (SSSR count). The number of carbonyl (C=O) groups excluding carboxylic acids is 1. The molecule has 0 N–H and O–H groups in total. The van der Waals surface area contributed by atoms with Gasteiger partial charge in [0.2, 0.25) is 0 Å². The molecule has 94 valence electrons. The summed E-state index contributed by atoms with van der Waals surface area (Å²) in [5.41, 5.74) is 2.54. The van der Waals surface area contributed by atoms with E-state index < -0.39 is 0 Å². The Balaban J connectivity index is 2.17. The minimum atomic E-state index is 0.0898. The highest BCUT2D eigenvalue weighted by atomic mass is 16.5. The molecule has 0 spiro atoms. The van der Waals surface area contributed by atoms with E-state index in [4.69, 9.17) is 4.74 Å². The van der Waals surface area contributed by atoms with E-state index in [-0.39, 0.29) is 11.9 Å². The van der Waals surface area contributed by atoms with Crippen LogP contribution in [0.25, 0.3) is 0 Å². The van der Waals surface area contributed by atoms with Crippen molar-refractivity contribution < 1.29 is 9.53 Å². The lowest BCUT2D eigenvalue weighted by atomic mass is 10.1. The standard InChI is InChI=1S/C13H20N2O2/c1-8-5-6-12(17-8)7-15-10(3)13(11(4)16)9(2)14-15/h8,12H,5-7H2,1-4H3. The Bertz CT molecular complexity index is 437. The molecule has 0 aromatic carbocycles. The third-order valence-electron chi connectivity index (χ3n) is 3.43. The number of carbonyl (C=O) groups is 1. The van der Waals surface area contributed by atoms with Gasteiger partial charge in [-0.15, -0.1) is 0 Å². The van der Waals surface area contributed by atoms with E-state index in [1.165, 1.54) is 0 Å². The third kappa shape index (κ3) is 2.41. The van der Waals surface area contributed by atoms with E-state index in [1.54, 1.807) is 6.92 Å². The van der Waals surface area contributed by atoms with Crippen LogP contribution < -0.4 is 0 Å². The zero-order valence-electron chi connectivity index (χ0n) is 11.0. The van der Waals surface area contributed by atoms with Crippen LogP contribution in [0.4, 0.5) is 0 Å². The van der Waals surface area contributed by atoms with E-state index >= 15 is 0 Å². The zero-order chi connectivity index (χ0) is 12.6. The van der Waals surface area contributed by atoms with Crippen LogP contribution in [0.15, 0.2) is 0 Å². The summed E-state index contributed by atoms with van der Waals surface area (Å²) in [5.74, 6) is 0.0898. The molecule has 0 bridgehead atoms. The number of rotatable bonds is 3. The van der Waals surface area contributed by atoms with Gasteiger partial charge in [-0.25, -0.2) is 0 Å². The Morgan fingerprint density at radius 2 is 2.18 bits per heavy atom. The number of ketones is 1. The molecule has 1 aliphatic rings. The second-order valence-corrected chi connectivity index (χ2v) is 4.93. The molecular formula is C13H20N2O2. The van der Waals surface area contributed by atoms with Crippen LogP contribution in [0.3, 0.4) is 0 Å². The monoisotopic (exact) mass is 236 g/mol. The van der Waals surface area contributed by atoms with Crippen molar-refractivity contribution in [3.05, 3.63) is 17.0 Å². The van der Waals surface area contributed by atoms with Crippen LogP contribution in [-0.4, -0.2) is 27.8 Å². The van der Waals surface area contributed by atoms with Gasteiger partial charge in [-0.2, -0.15) is 5.10 Å². The van der Waals surface area contributed by atoms with Gasteiger partial charge in [0.25, 0.3) is 0 Å². The summed E-state index contributed by atoms with van der Waals surface area (Å²) in [6.07, 6.45) is 2.78. The molecule has 2 atom stereocenters. The fraction of sp³-hybridized carbons (Fsp3) is 0.692. The van der Waals surface area contributed by atoms with Crippen molar-refractivity contribution in [2.24, 2.45) is 0 Å². The molecule has 1 fully saturated rings. The quantitative estimate of drug-likeness (QED) is 0.756. The molecule has 0 aliphatic carbocycles. The number of hydrogen-bond donors (Lipinski definition) is 0. The van der Waals surface area contributed by atoms with Crippen LogP contribution in [-0.2, 0) is 11.3 Å². The number of aryl methyl sites for hydroxylation is 1. The molecule has 1 aromatic heterocycles. The highest BCUT2D eigenvalue weighted by Gasteiger charge is 2.24. The summed E-state index contributed by atoms with van der Waals surface area (Å²) >= 11 is 0. The van der Waals surface area contributed by atoms with Crippen LogP contribution in [0.5, 0.6) is 0 Å². The van der Waals surface area contributed by atoms with Gasteiger partial charge in [0.1, 0.15) is 0 Å². The van der Waals surface area contributed by atoms with E-state index in [0.29, 0.717) is 6.10 Å². The van der Waals surface area contributed by atoms with E-state index in [9.17, 15) is 4.79 Å². The highest BCUT2D eigenvalue weighted by molar-refractivity contribution is 5.96. The maximum Gasteiger partial charge on any atom is 0.163 e. The maximum absolute atomic E-state index is 11.5. The first-order valence-electron chi connectivity index (χ1n) is 6.19. The molecule has 0 saturated carbocycles. The Labute approximate surface area is 102 Å². The van der Waals surface area contributed by atoms with E-state index in [0.717, 1.165) is 36.3 Å². The molecule has 17 heavy (non-hydrogen) atoms. The molecule has 4 heteroatoms. The maximum atomic E-state index is 11.5. The number of Topliss-reactive ketones (excluding diaryl/α,β-unsaturated/α-hetero) is 1. The summed E-state index contributed by atoms with van der Waals surface area (Å²) in [7, 11) is 0. The second kappa shape index (κ2) is 4.61. The van der Waals surface area contributed by atoms with Crippen molar-refractivity contribution in [3.8, 4) is 0 Å². The highest BCUT2D eigenvalue weighted by Crippen LogP contribution is 2.22. The molecule has 0 radical (unpaired) electrons. The topological polar surface area (TPSA) is 44.1 Å². The molecule has 1 aromatic rings. The van der Waals surface area contributed by atoms with Crippen molar-refractivity contribution in [1.82, 2.24) is 9.78 Å². The Kier molecular flexibility index (Phi) is 3.33. The predicted octanol–water partition coefficient (Wildman–Crippen LogP) is 2.27. The van der Waals surface area contributed by atoms with Gasteiger partial charge in [0, 0.05) is 5.69 Å². The Hall–Kier alpha value is -1.16. The SMILES string of the molecule is CC(=O)c1c(C)nn(CC2CCC(C)O2)c1C. The number of hydrogen-bond acceptors (Lipinski definition) is 3. The summed E-state index contributed by atoms with van der Waals surface area (Å²) in [6, 6.07) is 0. The minimum absolute atomic E-state index is 0.0898. The fourth-order valence-electron chi connectivity index (χ4n) is 2.60. The molecule has 2 unspecified atom stereocenters. The van der Waals surface area contributed by atoms with Crippen molar-refractivity contribution in [1.29, 1.82) is 0 Å². The van der Waals surface area contributed by atoms with Crippen LogP contribution in [0.1, 0.15) is 48.4 Å². The van der Waals surface area contributed by atoms with Gasteiger partial charge in [-0.05, 0) is 40.5 Å². The van der Waals surface area contributed by atoms with E-state index in [1.807, 2.05) is 18.5 Å². The first-order valence-corrected chi connectivity index (χ1v) is 6.19. The lowest BCUT2D eigenvalue weighted by Crippen LogP contribution is -2.18. The van der Waals surface area contributed by atoms with Gasteiger partial charge in [0.05, 0.1) is 30.0 Å². The smallest absolute Gasteiger partial charge is 0.163 e. The number of nitrogens with zero attached hydrogens (tertiary/aromatic N) is 2. The van der Waals surface area contributed by atoms with Crippen LogP contribution in [0.2, 0.25) is 0 Å². The van der Waals surface area contributed by atoms with Gasteiger partial charge in [0.15, 0.2) is 5.78 Å². The molecule has 1 aliphatic heterocycles. The van der Waals surface area contributed by atoms with Crippen molar-refractivity contribution in [3.63, 3.8) is 0 Å². The van der Waals surface area contributed by atoms with Crippen LogP contribution >= 0.6 is 0 Å². The van der Waals surface area contributed by atoms with Crippen molar-refractivity contribution >= 4 is 5.78 Å². The van der Waals surface area contributed by atoms with Gasteiger partial charge < -0.3 is 4.74 Å². The fourth-order valence-corrected chi connectivity index (χ4v) is 2.60. The summed E-state index contributed by atoms with van der Waals surface area (Å²) in [6.45, 7) is 8.29. The first-order chi connectivity index (χ1) is 7.99. The Morgan fingerprint density at radius 3 is 2.65 bits per heavy atom. The zero-order valence-corrected chi connectivity index (χ0v) is 11.0. The van der Waals surface area contributed by atoms with Crippen molar-refractivity contribution in [2.75, 3.05) is 0 Å². The first kappa shape index (κ1) is 12.3. The summed E-state index contributed by atoms with van der Waals surface area (Å²) in [5, 5.41) is 4.44. The molecular weight excluding hydrogens is 216 g/mol. The summed E-state index contributed by atoms with van der Waals surface area (Å²) < 4.78 is 7.70. The lowest BCUT2D eigenvalue weighted by molar-refractivity contribution is 0.0432. The third-order valence-corrected chi connectivity index (χ3v) is 3.43. The minimum Gasteiger partial charge on any atom is -0.373 e. The summed E-state index contributed by atoms with van der Waals surface area (Å²) in [4.78, 5) is 11.5. The lowest BCUT2D eigenvalue weighted by Gasteiger charge is -2.12. The molecule has 1 saturated heterocycles. The molecule has 2 heterocycles. The number of ether oxygens (including phenoxy) is 1. The van der Waals surface area contributed by atoms with E-state index in [2.05, 4.69) is 12.0 Å².